The lowest BCUT2D eigenvalue weighted by Crippen LogP contribution is -2.28. The van der Waals surface area contributed by atoms with Gasteiger partial charge >= 0.3 is 0 Å². The molecule has 2 aromatic rings. The van der Waals surface area contributed by atoms with E-state index in [1.54, 1.807) is 21.8 Å². The first kappa shape index (κ1) is 15.1. The molecule has 1 N–H and O–H groups in total. The maximum absolute atomic E-state index is 11.9. The van der Waals surface area contributed by atoms with Crippen molar-refractivity contribution in [2.45, 2.75) is 33.5 Å². The standard InChI is InChI=1S/C12H15BrClN5O/c1-3-19-11(10(14)4-16-19)5-15-12(20)7-18-6-9(13)8(2)17-18/h4,6H,3,5,7H2,1-2H3,(H,15,20). The SMILES string of the molecule is CCn1ncc(Cl)c1CNC(=O)Cn1cc(Br)c(C)n1. The van der Waals surface area contributed by atoms with E-state index in [0.29, 0.717) is 18.1 Å². The van der Waals surface area contributed by atoms with Gasteiger partial charge in [-0.1, -0.05) is 11.6 Å². The molecular formula is C12H15BrClN5O. The third kappa shape index (κ3) is 3.40. The van der Waals surface area contributed by atoms with Crippen LogP contribution in [0, 0.1) is 6.92 Å². The summed E-state index contributed by atoms with van der Waals surface area (Å²) in [5, 5.41) is 11.7. The van der Waals surface area contributed by atoms with Crippen LogP contribution in [0.4, 0.5) is 0 Å². The molecule has 1 amide bonds. The van der Waals surface area contributed by atoms with Crippen LogP contribution < -0.4 is 5.32 Å². The molecule has 2 rings (SSSR count). The van der Waals surface area contributed by atoms with Gasteiger partial charge in [0.2, 0.25) is 5.91 Å². The third-order valence-corrected chi connectivity index (χ3v) is 3.94. The maximum Gasteiger partial charge on any atom is 0.242 e. The summed E-state index contributed by atoms with van der Waals surface area (Å²) in [6, 6.07) is 0. The second kappa shape index (κ2) is 6.41. The minimum Gasteiger partial charge on any atom is -0.349 e. The van der Waals surface area contributed by atoms with E-state index >= 15 is 0 Å². The number of nitrogens with one attached hydrogen (secondary N) is 1. The van der Waals surface area contributed by atoms with Crippen molar-refractivity contribution in [3.63, 3.8) is 0 Å². The molecule has 20 heavy (non-hydrogen) atoms. The molecule has 0 saturated carbocycles. The van der Waals surface area contributed by atoms with Gasteiger partial charge in [-0.3, -0.25) is 14.2 Å². The monoisotopic (exact) mass is 359 g/mol. The molecule has 0 fully saturated rings. The van der Waals surface area contributed by atoms with E-state index in [1.165, 1.54) is 0 Å². The Morgan fingerprint density at radius 1 is 1.55 bits per heavy atom. The summed E-state index contributed by atoms with van der Waals surface area (Å²) in [7, 11) is 0. The fourth-order valence-electron chi connectivity index (χ4n) is 1.80. The summed E-state index contributed by atoms with van der Waals surface area (Å²) in [6.45, 7) is 5.08. The van der Waals surface area contributed by atoms with Gasteiger partial charge in [-0.05, 0) is 29.8 Å². The zero-order valence-electron chi connectivity index (χ0n) is 11.2. The molecule has 108 valence electrons. The second-order valence-corrected chi connectivity index (χ2v) is 5.55. The lowest BCUT2D eigenvalue weighted by molar-refractivity contribution is -0.122. The molecule has 0 aliphatic heterocycles. The van der Waals surface area contributed by atoms with Crippen molar-refractivity contribution in [2.24, 2.45) is 0 Å². The zero-order chi connectivity index (χ0) is 14.7. The van der Waals surface area contributed by atoms with Crippen molar-refractivity contribution in [1.29, 1.82) is 0 Å². The molecule has 0 radical (unpaired) electrons. The summed E-state index contributed by atoms with van der Waals surface area (Å²) < 4.78 is 4.24. The first-order valence-electron chi connectivity index (χ1n) is 6.17. The largest absolute Gasteiger partial charge is 0.349 e. The van der Waals surface area contributed by atoms with Crippen LogP contribution in [-0.2, 0) is 24.4 Å². The number of hydrogen-bond acceptors (Lipinski definition) is 3. The van der Waals surface area contributed by atoms with Crippen LogP contribution in [0.5, 0.6) is 0 Å². The van der Waals surface area contributed by atoms with E-state index in [0.717, 1.165) is 15.9 Å². The van der Waals surface area contributed by atoms with Crippen LogP contribution in [0.1, 0.15) is 18.3 Å². The van der Waals surface area contributed by atoms with E-state index in [4.69, 9.17) is 11.6 Å². The Labute approximate surface area is 130 Å². The van der Waals surface area contributed by atoms with Crippen LogP contribution in [0.15, 0.2) is 16.9 Å². The normalized spacial score (nSPS) is 10.8. The number of aryl methyl sites for hydroxylation is 2. The molecule has 2 aromatic heterocycles. The highest BCUT2D eigenvalue weighted by Crippen LogP contribution is 2.15. The first-order chi connectivity index (χ1) is 9.51. The summed E-state index contributed by atoms with van der Waals surface area (Å²) in [4.78, 5) is 11.9. The molecule has 0 aliphatic rings. The predicted octanol–water partition coefficient (Wildman–Crippen LogP) is 2.14. The molecule has 0 unspecified atom stereocenters. The molecule has 0 atom stereocenters. The summed E-state index contributed by atoms with van der Waals surface area (Å²) in [5.74, 6) is -0.125. The van der Waals surface area contributed by atoms with Crippen molar-refractivity contribution in [1.82, 2.24) is 24.9 Å². The molecule has 0 bridgehead atoms. The van der Waals surface area contributed by atoms with Gasteiger partial charge in [0.1, 0.15) is 6.54 Å². The van der Waals surface area contributed by atoms with Crippen LogP contribution in [0.2, 0.25) is 5.02 Å². The zero-order valence-corrected chi connectivity index (χ0v) is 13.6. The third-order valence-electron chi connectivity index (χ3n) is 2.84. The lowest BCUT2D eigenvalue weighted by atomic mass is 10.4. The molecule has 0 spiro atoms. The van der Waals surface area contributed by atoms with E-state index < -0.39 is 0 Å². The van der Waals surface area contributed by atoms with Crippen LogP contribution in [-0.4, -0.2) is 25.5 Å². The van der Waals surface area contributed by atoms with Gasteiger partial charge in [-0.15, -0.1) is 0 Å². The Hall–Kier alpha value is -1.34. The van der Waals surface area contributed by atoms with E-state index in [9.17, 15) is 4.79 Å². The van der Waals surface area contributed by atoms with Gasteiger partial charge in [0.15, 0.2) is 0 Å². The number of nitrogens with zero attached hydrogens (tertiary/aromatic N) is 4. The average Bonchev–Trinajstić information content (AvgIpc) is 2.90. The van der Waals surface area contributed by atoms with Gasteiger partial charge in [-0.25, -0.2) is 0 Å². The number of carbonyl (C=O) groups is 1. The van der Waals surface area contributed by atoms with Gasteiger partial charge in [0.05, 0.1) is 33.6 Å². The van der Waals surface area contributed by atoms with Crippen LogP contribution in [0.3, 0.4) is 0 Å². The van der Waals surface area contributed by atoms with Crippen molar-refractivity contribution in [2.75, 3.05) is 0 Å². The second-order valence-electron chi connectivity index (χ2n) is 4.29. The maximum atomic E-state index is 11.9. The first-order valence-corrected chi connectivity index (χ1v) is 7.34. The Morgan fingerprint density at radius 3 is 2.90 bits per heavy atom. The minimum atomic E-state index is -0.125. The van der Waals surface area contributed by atoms with Crippen LogP contribution >= 0.6 is 27.5 Å². The number of rotatable bonds is 5. The number of aromatic nitrogens is 4. The Balaban J connectivity index is 1.93. The highest BCUT2D eigenvalue weighted by atomic mass is 79.9. The van der Waals surface area contributed by atoms with Gasteiger partial charge in [-0.2, -0.15) is 10.2 Å². The number of halogens is 2. The number of amides is 1. The highest BCUT2D eigenvalue weighted by molar-refractivity contribution is 9.10. The van der Waals surface area contributed by atoms with Gasteiger partial charge in [0.25, 0.3) is 0 Å². The van der Waals surface area contributed by atoms with Crippen molar-refractivity contribution < 1.29 is 4.79 Å². The quantitative estimate of drug-likeness (QED) is 0.888. The molecule has 0 aromatic carbocycles. The van der Waals surface area contributed by atoms with E-state index in [-0.39, 0.29) is 12.5 Å². The Kier molecular flexibility index (Phi) is 4.82. The smallest absolute Gasteiger partial charge is 0.242 e. The fourth-order valence-corrected chi connectivity index (χ4v) is 2.32. The van der Waals surface area contributed by atoms with Crippen molar-refractivity contribution >= 4 is 33.4 Å². The highest BCUT2D eigenvalue weighted by Gasteiger charge is 2.11. The molecule has 2 heterocycles. The molecule has 0 saturated heterocycles. The molecular weight excluding hydrogens is 346 g/mol. The minimum absolute atomic E-state index is 0.125. The van der Waals surface area contributed by atoms with E-state index in [1.807, 2.05) is 13.8 Å². The van der Waals surface area contributed by atoms with Crippen molar-refractivity contribution in [3.8, 4) is 0 Å². The van der Waals surface area contributed by atoms with Crippen molar-refractivity contribution in [3.05, 3.63) is 33.3 Å². The lowest BCUT2D eigenvalue weighted by Gasteiger charge is -2.08. The molecule has 8 heteroatoms. The summed E-state index contributed by atoms with van der Waals surface area (Å²) >= 11 is 9.39. The summed E-state index contributed by atoms with van der Waals surface area (Å²) in [6.07, 6.45) is 3.36. The molecule has 6 nitrogen and oxygen atoms in total. The van der Waals surface area contributed by atoms with Gasteiger partial charge < -0.3 is 5.32 Å². The summed E-state index contributed by atoms with van der Waals surface area (Å²) in [5.41, 5.74) is 1.66. The molecule has 0 aliphatic carbocycles. The Morgan fingerprint density at radius 2 is 2.30 bits per heavy atom. The topological polar surface area (TPSA) is 64.7 Å². The predicted molar refractivity (Wildman–Crippen MR) is 79.4 cm³/mol. The fraction of sp³-hybridized carbons (Fsp3) is 0.417. The number of carbonyl (C=O) groups excluding carboxylic acids is 1. The Bertz CT molecular complexity index is 602. The average molecular weight is 361 g/mol. The number of hydrogen-bond donors (Lipinski definition) is 1. The van der Waals surface area contributed by atoms with Gasteiger partial charge in [0, 0.05) is 12.7 Å². The van der Waals surface area contributed by atoms with E-state index in [2.05, 4.69) is 31.4 Å². The van der Waals surface area contributed by atoms with Crippen LogP contribution in [0.25, 0.3) is 0 Å².